The normalized spacial score (nSPS) is 29.9. The highest BCUT2D eigenvalue weighted by atomic mass is 32.2. The third kappa shape index (κ3) is 2.14. The quantitative estimate of drug-likeness (QED) is 0.586. The van der Waals surface area contributed by atoms with E-state index in [0.29, 0.717) is 6.42 Å². The average molecular weight is 326 g/mol. The first-order valence-electron chi connectivity index (χ1n) is 6.56. The van der Waals surface area contributed by atoms with Crippen LogP contribution in [0.3, 0.4) is 0 Å². The predicted molar refractivity (Wildman–Crippen MR) is 74.0 cm³/mol. The molecule has 1 amide bonds. The monoisotopic (exact) mass is 326 g/mol. The van der Waals surface area contributed by atoms with Gasteiger partial charge in [-0.15, -0.1) is 16.9 Å². The summed E-state index contributed by atoms with van der Waals surface area (Å²) in [5.41, 5.74) is 0.0559. The fourth-order valence-electron chi connectivity index (χ4n) is 2.88. The molecule has 3 heterocycles. The van der Waals surface area contributed by atoms with Crippen LogP contribution in [0.5, 0.6) is 0 Å². The minimum Gasteiger partial charge on any atom is -0.480 e. The van der Waals surface area contributed by atoms with E-state index in [4.69, 9.17) is 0 Å². The van der Waals surface area contributed by atoms with Crippen LogP contribution >= 0.6 is 11.8 Å². The second-order valence-corrected chi connectivity index (χ2v) is 7.14. The van der Waals surface area contributed by atoms with Crippen molar-refractivity contribution in [3.05, 3.63) is 11.9 Å². The van der Waals surface area contributed by atoms with Crippen molar-refractivity contribution in [3.8, 4) is 0 Å². The van der Waals surface area contributed by atoms with Crippen LogP contribution in [-0.2, 0) is 20.9 Å². The number of ether oxygens (including phenoxy) is 1. The van der Waals surface area contributed by atoms with Gasteiger partial charge in [-0.2, -0.15) is 0 Å². The smallest absolute Gasteiger partial charge is 0.360 e. The summed E-state index contributed by atoms with van der Waals surface area (Å²) in [4.78, 5) is 36.0. The molecule has 1 aromatic rings. The molecule has 2 aliphatic heterocycles. The van der Waals surface area contributed by atoms with Crippen LogP contribution in [0.1, 0.15) is 23.8 Å². The molecule has 9 nitrogen and oxygen atoms in total. The van der Waals surface area contributed by atoms with Crippen molar-refractivity contribution in [2.45, 2.75) is 36.1 Å². The summed E-state index contributed by atoms with van der Waals surface area (Å²) in [6.07, 6.45) is 1.77. The molecule has 1 aromatic heterocycles. The van der Waals surface area contributed by atoms with Gasteiger partial charge in [0, 0.05) is 0 Å². The highest BCUT2D eigenvalue weighted by Crippen LogP contribution is 2.51. The Hall–Kier alpha value is -2.10. The highest BCUT2D eigenvalue weighted by molar-refractivity contribution is 8.01. The molecule has 3 unspecified atom stereocenters. The van der Waals surface area contributed by atoms with Crippen LogP contribution in [0.2, 0.25) is 0 Å². The Kier molecular flexibility index (Phi) is 3.35. The van der Waals surface area contributed by atoms with E-state index in [1.807, 2.05) is 0 Å². The number of esters is 1. The second kappa shape index (κ2) is 4.97. The summed E-state index contributed by atoms with van der Waals surface area (Å²) in [5, 5.41) is 16.9. The Morgan fingerprint density at radius 1 is 1.59 bits per heavy atom. The van der Waals surface area contributed by atoms with E-state index in [1.165, 1.54) is 34.7 Å². The first-order valence-corrected chi connectivity index (χ1v) is 7.44. The van der Waals surface area contributed by atoms with E-state index in [9.17, 15) is 19.5 Å². The molecule has 10 heteroatoms. The molecule has 2 aliphatic rings. The van der Waals surface area contributed by atoms with Gasteiger partial charge in [0.15, 0.2) is 5.69 Å². The fourth-order valence-corrected chi connectivity index (χ4v) is 4.63. The molecule has 2 saturated heterocycles. The van der Waals surface area contributed by atoms with Crippen molar-refractivity contribution in [1.82, 2.24) is 19.9 Å². The Bertz CT molecular complexity index is 662. The molecule has 0 aliphatic carbocycles. The van der Waals surface area contributed by atoms with Crippen molar-refractivity contribution < 1.29 is 24.2 Å². The van der Waals surface area contributed by atoms with Crippen LogP contribution < -0.4 is 0 Å². The molecular weight excluding hydrogens is 312 g/mol. The minimum absolute atomic E-state index is 0.0559. The average Bonchev–Trinajstić information content (AvgIpc) is 2.99. The number of carbonyl (C=O) groups is 3. The van der Waals surface area contributed by atoms with Gasteiger partial charge in [0.25, 0.3) is 0 Å². The topological polar surface area (TPSA) is 115 Å². The van der Waals surface area contributed by atoms with Gasteiger partial charge in [-0.3, -0.25) is 9.48 Å². The zero-order valence-corrected chi connectivity index (χ0v) is 12.7. The first kappa shape index (κ1) is 14.8. The third-order valence-corrected chi connectivity index (χ3v) is 5.41. The molecular formula is C12H14N4O5S. The van der Waals surface area contributed by atoms with Crippen molar-refractivity contribution in [1.29, 1.82) is 0 Å². The van der Waals surface area contributed by atoms with Gasteiger partial charge >= 0.3 is 11.9 Å². The lowest BCUT2D eigenvalue weighted by molar-refractivity contribution is -0.157. The Morgan fingerprint density at radius 3 is 2.91 bits per heavy atom. The number of nitrogens with zero attached hydrogens (tertiary/aromatic N) is 4. The van der Waals surface area contributed by atoms with Gasteiger partial charge in [-0.05, 0) is 6.92 Å². The van der Waals surface area contributed by atoms with E-state index >= 15 is 0 Å². The molecule has 3 rings (SSSR count). The number of amides is 1. The molecule has 1 N–H and O–H groups in total. The third-order valence-electron chi connectivity index (χ3n) is 3.85. The maximum Gasteiger partial charge on any atom is 0.360 e. The summed E-state index contributed by atoms with van der Waals surface area (Å²) in [6.45, 7) is 2.00. The van der Waals surface area contributed by atoms with Crippen molar-refractivity contribution in [3.63, 3.8) is 0 Å². The fraction of sp³-hybridized carbons (Fsp3) is 0.583. The number of aromatic nitrogens is 3. The van der Waals surface area contributed by atoms with Crippen molar-refractivity contribution in [2.24, 2.45) is 0 Å². The zero-order valence-electron chi connectivity index (χ0n) is 11.9. The van der Waals surface area contributed by atoms with Crippen LogP contribution in [0, 0.1) is 0 Å². The molecule has 22 heavy (non-hydrogen) atoms. The number of hydrogen-bond acceptors (Lipinski definition) is 7. The van der Waals surface area contributed by atoms with E-state index in [1.54, 1.807) is 6.92 Å². The summed E-state index contributed by atoms with van der Waals surface area (Å²) < 4.78 is 5.22. The summed E-state index contributed by atoms with van der Waals surface area (Å²) in [6, 6.07) is -0.922. The van der Waals surface area contributed by atoms with Crippen LogP contribution in [0.4, 0.5) is 0 Å². The molecule has 0 bridgehead atoms. The van der Waals surface area contributed by atoms with Crippen molar-refractivity contribution in [2.75, 3.05) is 7.11 Å². The number of carboxylic acid groups (broad SMARTS) is 1. The Balaban J connectivity index is 1.83. The molecule has 0 spiro atoms. The zero-order chi connectivity index (χ0) is 16.1. The predicted octanol–water partition coefficient (Wildman–Crippen LogP) is -0.418. The molecule has 2 fully saturated rings. The van der Waals surface area contributed by atoms with E-state index in [0.717, 1.165) is 0 Å². The number of carbonyl (C=O) groups excluding carboxylic acids is 2. The van der Waals surface area contributed by atoms with Gasteiger partial charge in [-0.25, -0.2) is 9.59 Å². The standard InChI is InChI=1S/C12H14N4O5S/c1-12(5-15-4-6(13-14-15)11(20)21-2)9(10(18)19)16-7(17)3-8(16)22-12/h4,8-9H,3,5H2,1-2H3,(H,18,19). The number of methoxy groups -OCH3 is 1. The largest absolute Gasteiger partial charge is 0.480 e. The summed E-state index contributed by atoms with van der Waals surface area (Å²) in [7, 11) is 1.24. The molecule has 0 saturated carbocycles. The van der Waals surface area contributed by atoms with Crippen LogP contribution in [0.25, 0.3) is 0 Å². The first-order chi connectivity index (χ1) is 10.4. The van der Waals surface area contributed by atoms with E-state index < -0.39 is 22.7 Å². The van der Waals surface area contributed by atoms with E-state index in [2.05, 4.69) is 15.0 Å². The summed E-state index contributed by atoms with van der Waals surface area (Å²) in [5.74, 6) is -1.80. The highest BCUT2D eigenvalue weighted by Gasteiger charge is 2.60. The lowest BCUT2D eigenvalue weighted by Crippen LogP contribution is -2.58. The molecule has 0 aromatic carbocycles. The lowest BCUT2D eigenvalue weighted by Gasteiger charge is -2.36. The SMILES string of the molecule is COC(=O)c1cn(CC2(C)SC3CC(=O)N3C2C(=O)O)nn1. The Labute approximate surface area is 129 Å². The lowest BCUT2D eigenvalue weighted by atomic mass is 9.96. The number of carboxylic acids is 1. The second-order valence-electron chi connectivity index (χ2n) is 5.42. The Morgan fingerprint density at radius 2 is 2.32 bits per heavy atom. The van der Waals surface area contributed by atoms with Gasteiger partial charge < -0.3 is 14.7 Å². The number of rotatable bonds is 4. The van der Waals surface area contributed by atoms with Crippen LogP contribution in [0.15, 0.2) is 6.20 Å². The molecule has 3 atom stereocenters. The molecule has 0 radical (unpaired) electrons. The number of thioether (sulfide) groups is 1. The van der Waals surface area contributed by atoms with Crippen LogP contribution in [-0.4, -0.2) is 66.1 Å². The number of aliphatic carboxylic acids is 1. The van der Waals surface area contributed by atoms with Gasteiger partial charge in [-0.1, -0.05) is 5.21 Å². The van der Waals surface area contributed by atoms with Gasteiger partial charge in [0.1, 0.15) is 6.04 Å². The maximum atomic E-state index is 11.7. The maximum absolute atomic E-state index is 11.7. The number of β-lactam (4-membered cyclic amide) rings is 1. The van der Waals surface area contributed by atoms with Crippen molar-refractivity contribution >= 4 is 29.6 Å². The van der Waals surface area contributed by atoms with Gasteiger partial charge in [0.05, 0.1) is 36.4 Å². The number of hydrogen-bond donors (Lipinski definition) is 1. The van der Waals surface area contributed by atoms with Gasteiger partial charge in [0.2, 0.25) is 5.91 Å². The minimum atomic E-state index is -1.04. The summed E-state index contributed by atoms with van der Waals surface area (Å²) >= 11 is 1.44. The number of fused-ring (bicyclic) bond motifs is 1. The van der Waals surface area contributed by atoms with E-state index in [-0.39, 0.29) is 23.5 Å². The molecule has 118 valence electrons.